The lowest BCUT2D eigenvalue weighted by Crippen LogP contribution is -2.43. The second kappa shape index (κ2) is 8.69. The summed E-state index contributed by atoms with van der Waals surface area (Å²) in [5.41, 5.74) is 2.61. The molecule has 1 aromatic rings. The molecule has 34 heavy (non-hydrogen) atoms. The van der Waals surface area contributed by atoms with Crippen LogP contribution in [0.15, 0.2) is 46.8 Å². The van der Waals surface area contributed by atoms with Gasteiger partial charge in [-0.05, 0) is 48.6 Å². The summed E-state index contributed by atoms with van der Waals surface area (Å²) < 4.78 is 39.3. The second-order valence-corrected chi connectivity index (χ2v) is 11.2. The van der Waals surface area contributed by atoms with Gasteiger partial charge in [0.25, 0.3) is 0 Å². The lowest BCUT2D eigenvalue weighted by atomic mass is 9.65. The molecule has 2 aliphatic carbocycles. The van der Waals surface area contributed by atoms with Crippen molar-refractivity contribution in [2.24, 2.45) is 23.2 Å². The van der Waals surface area contributed by atoms with Crippen LogP contribution in [0.2, 0.25) is 0 Å². The Morgan fingerprint density at radius 2 is 1.65 bits per heavy atom. The number of nitrogens with zero attached hydrogens (tertiary/aromatic N) is 1. The molecule has 0 aromatic heterocycles. The molecular formula is C28H34F3NO2. The van der Waals surface area contributed by atoms with Crippen molar-refractivity contribution in [2.75, 3.05) is 7.05 Å². The molecule has 0 radical (unpaired) electrons. The van der Waals surface area contributed by atoms with Crippen LogP contribution in [0, 0.1) is 23.2 Å². The Labute approximate surface area is 200 Å². The number of allylic oxidation sites excluding steroid dienone is 4. The molecule has 0 saturated heterocycles. The predicted molar refractivity (Wildman–Crippen MR) is 126 cm³/mol. The molecule has 3 aliphatic rings. The molecule has 0 bridgehead atoms. The third-order valence-corrected chi connectivity index (χ3v) is 7.70. The Morgan fingerprint density at radius 1 is 1.06 bits per heavy atom. The fourth-order valence-electron chi connectivity index (χ4n) is 6.27. The van der Waals surface area contributed by atoms with E-state index in [0.717, 1.165) is 61.2 Å². The monoisotopic (exact) mass is 473 g/mol. The molecule has 1 unspecified atom stereocenters. The topological polar surface area (TPSA) is 37.4 Å². The molecule has 0 N–H and O–H groups in total. The van der Waals surface area contributed by atoms with Crippen molar-refractivity contribution in [1.82, 2.24) is 4.90 Å². The third-order valence-electron chi connectivity index (χ3n) is 7.70. The molecule has 3 nitrogen and oxygen atoms in total. The van der Waals surface area contributed by atoms with Crippen molar-refractivity contribution >= 4 is 11.6 Å². The van der Waals surface area contributed by atoms with Crippen LogP contribution in [-0.2, 0) is 11.0 Å². The van der Waals surface area contributed by atoms with Crippen LogP contribution in [0.5, 0.6) is 0 Å². The fraction of sp³-hybridized carbons (Fsp3) is 0.571. The third kappa shape index (κ3) is 4.36. The Hall–Kier alpha value is -2.37. The summed E-state index contributed by atoms with van der Waals surface area (Å²) >= 11 is 0. The number of halogens is 3. The van der Waals surface area contributed by atoms with Crippen molar-refractivity contribution in [2.45, 2.75) is 72.4 Å². The van der Waals surface area contributed by atoms with Crippen LogP contribution in [0.3, 0.4) is 0 Å². The largest absolute Gasteiger partial charge is 0.416 e. The van der Waals surface area contributed by atoms with Crippen molar-refractivity contribution in [1.29, 1.82) is 0 Å². The number of Topliss-reactive ketones (excluding diaryl/α,β-unsaturated/α-hetero) is 2. The first-order chi connectivity index (χ1) is 15.8. The van der Waals surface area contributed by atoms with Crippen molar-refractivity contribution in [3.63, 3.8) is 0 Å². The van der Waals surface area contributed by atoms with E-state index >= 15 is 0 Å². The highest BCUT2D eigenvalue weighted by atomic mass is 19.4. The van der Waals surface area contributed by atoms with Crippen LogP contribution >= 0.6 is 0 Å². The summed E-state index contributed by atoms with van der Waals surface area (Å²) in [5, 5.41) is 0. The molecule has 1 aliphatic heterocycles. The lowest BCUT2D eigenvalue weighted by Gasteiger charge is -2.46. The van der Waals surface area contributed by atoms with E-state index in [0.29, 0.717) is 12.0 Å². The molecule has 1 aromatic carbocycles. The van der Waals surface area contributed by atoms with Crippen molar-refractivity contribution < 1.29 is 22.8 Å². The minimum absolute atomic E-state index is 0.0245. The van der Waals surface area contributed by atoms with Crippen LogP contribution in [0.25, 0.3) is 0 Å². The first-order valence-corrected chi connectivity index (χ1v) is 12.3. The number of alkyl halides is 3. The molecule has 1 heterocycles. The summed E-state index contributed by atoms with van der Waals surface area (Å²) in [6.07, 6.45) is 0.806. The maximum atomic E-state index is 14.0. The van der Waals surface area contributed by atoms with Gasteiger partial charge in [0.2, 0.25) is 0 Å². The summed E-state index contributed by atoms with van der Waals surface area (Å²) in [7, 11) is 1.93. The van der Waals surface area contributed by atoms with Gasteiger partial charge < -0.3 is 4.90 Å². The average Bonchev–Trinajstić information content (AvgIpc) is 3.26. The van der Waals surface area contributed by atoms with E-state index in [1.165, 1.54) is 12.1 Å². The van der Waals surface area contributed by atoms with Gasteiger partial charge in [-0.1, -0.05) is 52.7 Å². The zero-order valence-corrected chi connectivity index (χ0v) is 20.7. The molecule has 1 fully saturated rings. The number of carbonyl (C=O) groups is 2. The van der Waals surface area contributed by atoms with E-state index in [9.17, 15) is 22.8 Å². The zero-order chi connectivity index (χ0) is 25.0. The van der Waals surface area contributed by atoms with E-state index in [4.69, 9.17) is 0 Å². The van der Waals surface area contributed by atoms with E-state index in [2.05, 4.69) is 13.8 Å². The number of hydrogen-bond acceptors (Lipinski definition) is 3. The number of ketones is 2. The van der Waals surface area contributed by atoms with Gasteiger partial charge in [0.15, 0.2) is 11.6 Å². The van der Waals surface area contributed by atoms with Gasteiger partial charge in [-0.15, -0.1) is 0 Å². The smallest absolute Gasteiger partial charge is 0.350 e. The fourth-order valence-corrected chi connectivity index (χ4v) is 6.27. The molecule has 4 rings (SSSR count). The van der Waals surface area contributed by atoms with Gasteiger partial charge in [-0.3, -0.25) is 9.59 Å². The molecule has 1 atom stereocenters. The number of hydrogen-bond donors (Lipinski definition) is 0. The first-order valence-electron chi connectivity index (χ1n) is 12.3. The van der Waals surface area contributed by atoms with Crippen LogP contribution in [0.1, 0.15) is 82.1 Å². The van der Waals surface area contributed by atoms with Gasteiger partial charge in [0.05, 0.1) is 5.56 Å². The maximum Gasteiger partial charge on any atom is 0.416 e. The minimum atomic E-state index is -4.46. The second-order valence-electron chi connectivity index (χ2n) is 11.2. The van der Waals surface area contributed by atoms with E-state index in [1.54, 1.807) is 0 Å². The van der Waals surface area contributed by atoms with E-state index in [1.807, 2.05) is 25.8 Å². The SMILES string of the molecule is CC(C)C1=C(C(=O)c2ccc(C(F)(F)F)cc2)C(C2CCCC2)C2=C(CC(C)(C)CC2=O)N1C. The van der Waals surface area contributed by atoms with Crippen molar-refractivity contribution in [3.8, 4) is 0 Å². The van der Waals surface area contributed by atoms with Gasteiger partial charge in [0.1, 0.15) is 0 Å². The van der Waals surface area contributed by atoms with Gasteiger partial charge in [-0.2, -0.15) is 13.2 Å². The molecule has 1 saturated carbocycles. The lowest BCUT2D eigenvalue weighted by molar-refractivity contribution is -0.137. The van der Waals surface area contributed by atoms with Gasteiger partial charge in [0, 0.05) is 47.5 Å². The summed E-state index contributed by atoms with van der Waals surface area (Å²) in [4.78, 5) is 29.6. The molecule has 0 amide bonds. The van der Waals surface area contributed by atoms with E-state index in [-0.39, 0.29) is 40.3 Å². The highest BCUT2D eigenvalue weighted by molar-refractivity contribution is 6.12. The quantitative estimate of drug-likeness (QED) is 0.434. The summed E-state index contributed by atoms with van der Waals surface area (Å²) in [6.45, 7) is 8.29. The van der Waals surface area contributed by atoms with Crippen LogP contribution in [-0.4, -0.2) is 23.5 Å². The number of benzene rings is 1. The Bertz CT molecular complexity index is 1050. The standard InChI is InChI=1S/C28H34F3NO2/c1-16(2)25-24(26(34)18-10-12-19(13-11-18)28(29,30)31)22(17-8-6-7-9-17)23-20(32(25)5)14-27(3,4)15-21(23)33/h10-13,16-17,22H,6-9,14-15H2,1-5H3. The summed E-state index contributed by atoms with van der Waals surface area (Å²) in [6, 6.07) is 4.49. The van der Waals surface area contributed by atoms with Gasteiger partial charge >= 0.3 is 6.18 Å². The molecule has 0 spiro atoms. The van der Waals surface area contributed by atoms with Crippen molar-refractivity contribution in [3.05, 3.63) is 57.9 Å². The minimum Gasteiger partial charge on any atom is -0.350 e. The van der Waals surface area contributed by atoms with Crippen LogP contribution in [0.4, 0.5) is 13.2 Å². The number of rotatable bonds is 4. The molecule has 6 heteroatoms. The Morgan fingerprint density at radius 3 is 2.18 bits per heavy atom. The maximum absolute atomic E-state index is 14.0. The first kappa shape index (κ1) is 24.7. The van der Waals surface area contributed by atoms with Gasteiger partial charge in [-0.25, -0.2) is 0 Å². The zero-order valence-electron chi connectivity index (χ0n) is 20.7. The highest BCUT2D eigenvalue weighted by Gasteiger charge is 2.48. The van der Waals surface area contributed by atoms with Crippen LogP contribution < -0.4 is 0 Å². The Balaban J connectivity index is 1.88. The molecule has 184 valence electrons. The Kier molecular flexibility index (Phi) is 6.32. The molecular weight excluding hydrogens is 439 g/mol. The highest BCUT2D eigenvalue weighted by Crippen LogP contribution is 2.52. The normalized spacial score (nSPS) is 23.7. The predicted octanol–water partition coefficient (Wildman–Crippen LogP) is 7.19. The average molecular weight is 474 g/mol. The van der Waals surface area contributed by atoms with E-state index < -0.39 is 11.7 Å². The summed E-state index contributed by atoms with van der Waals surface area (Å²) in [5.74, 6) is -0.215. The number of carbonyl (C=O) groups excluding carboxylic acids is 2.